The van der Waals surface area contributed by atoms with Crippen LogP contribution in [0.5, 0.6) is 0 Å². The fourth-order valence-electron chi connectivity index (χ4n) is 1.49. The molecule has 0 fully saturated rings. The lowest BCUT2D eigenvalue weighted by Gasteiger charge is -2.28. The highest BCUT2D eigenvalue weighted by atomic mass is 28.4. The lowest BCUT2D eigenvalue weighted by Crippen LogP contribution is -2.47. The molecule has 0 aliphatic rings. The van der Waals surface area contributed by atoms with Crippen molar-refractivity contribution in [3.8, 4) is 0 Å². The van der Waals surface area contributed by atoms with Gasteiger partial charge in [0.25, 0.3) is 0 Å². The van der Waals surface area contributed by atoms with Crippen LogP contribution in [0.2, 0.25) is 6.04 Å². The summed E-state index contributed by atoms with van der Waals surface area (Å²) in [5, 5.41) is 0. The van der Waals surface area contributed by atoms with Gasteiger partial charge in [0.2, 0.25) is 0 Å². The maximum absolute atomic E-state index is 11.0. The van der Waals surface area contributed by atoms with E-state index in [2.05, 4.69) is 13.5 Å². The highest BCUT2D eigenvalue weighted by molar-refractivity contribution is 6.67. The third-order valence-electron chi connectivity index (χ3n) is 2.05. The first-order valence-electron chi connectivity index (χ1n) is 5.71. The molecule has 5 heteroatoms. The summed E-state index contributed by atoms with van der Waals surface area (Å²) >= 11 is 0. The number of carbonyl (C=O) groups is 1. The summed E-state index contributed by atoms with van der Waals surface area (Å²) in [4.78, 5) is 11.0. The Morgan fingerprint density at radius 3 is 2.19 bits per heavy atom. The molecule has 0 aromatic carbocycles. The summed E-state index contributed by atoms with van der Waals surface area (Å²) in [5.74, 6) is -0.424. The lowest BCUT2D eigenvalue weighted by molar-refractivity contribution is -0.136. The fourth-order valence-corrected chi connectivity index (χ4v) is 4.35. The maximum atomic E-state index is 11.0. The highest BCUT2D eigenvalue weighted by Crippen LogP contribution is 2.16. The monoisotopic (exact) mass is 246 g/mol. The van der Waals surface area contributed by atoms with Crippen LogP contribution in [0.1, 0.15) is 27.2 Å². The molecule has 0 heterocycles. The van der Waals surface area contributed by atoms with Gasteiger partial charge in [0, 0.05) is 19.3 Å². The van der Waals surface area contributed by atoms with Gasteiger partial charge in [0.1, 0.15) is 6.23 Å². The zero-order valence-corrected chi connectivity index (χ0v) is 11.5. The van der Waals surface area contributed by atoms with Gasteiger partial charge < -0.3 is 13.6 Å². The minimum Gasteiger partial charge on any atom is -0.461 e. The first-order chi connectivity index (χ1) is 7.64. The van der Waals surface area contributed by atoms with E-state index in [4.69, 9.17) is 13.6 Å². The van der Waals surface area contributed by atoms with Crippen molar-refractivity contribution in [2.45, 2.75) is 33.2 Å². The van der Waals surface area contributed by atoms with Crippen LogP contribution in [-0.4, -0.2) is 34.0 Å². The number of ether oxygens (including phenoxy) is 1. The van der Waals surface area contributed by atoms with E-state index in [9.17, 15) is 4.79 Å². The molecule has 0 aromatic heterocycles. The summed E-state index contributed by atoms with van der Waals surface area (Å²) in [6, 6.07) is 0.832. The van der Waals surface area contributed by atoms with Crippen LogP contribution in [0, 0.1) is 0 Å². The fraction of sp³-hybridized carbons (Fsp3) is 0.727. The molecule has 0 radical (unpaired) electrons. The van der Waals surface area contributed by atoms with E-state index in [0.29, 0.717) is 13.2 Å². The third kappa shape index (κ3) is 5.44. The van der Waals surface area contributed by atoms with E-state index < -0.39 is 14.5 Å². The molecule has 0 unspecified atom stereocenters. The summed E-state index contributed by atoms with van der Waals surface area (Å²) in [6.07, 6.45) is 2.36. The predicted molar refractivity (Wildman–Crippen MR) is 65.3 cm³/mol. The Morgan fingerprint density at radius 2 is 1.81 bits per heavy atom. The Kier molecular flexibility index (Phi) is 8.15. The molecular formula is C11H22O4Si. The second kappa shape index (κ2) is 8.49. The number of carbonyl (C=O) groups excluding carboxylic acids is 1. The van der Waals surface area contributed by atoms with Gasteiger partial charge in [-0.15, -0.1) is 0 Å². The van der Waals surface area contributed by atoms with Gasteiger partial charge in [-0.25, -0.2) is 4.79 Å². The smallest absolute Gasteiger partial charge is 0.377 e. The zero-order valence-electron chi connectivity index (χ0n) is 10.5. The number of hydrogen-bond donors (Lipinski definition) is 0. The Bertz CT molecular complexity index is 201. The van der Waals surface area contributed by atoms with Crippen molar-refractivity contribution in [3.63, 3.8) is 0 Å². The molecule has 0 saturated carbocycles. The molecule has 0 aliphatic carbocycles. The Hall–Kier alpha value is -0.653. The zero-order chi connectivity index (χ0) is 12.4. The standard InChI is InChI=1S/C11H22O4Si/c1-5-9-16(14-7-3,15-8-4)10-13-11(12)6-2/h6H,2,5,7-10H2,1,3-4H3. The molecular weight excluding hydrogens is 224 g/mol. The minimum atomic E-state index is -2.37. The largest absolute Gasteiger partial charge is 0.461 e. The molecule has 0 rings (SSSR count). The molecule has 0 amide bonds. The van der Waals surface area contributed by atoms with Crippen molar-refractivity contribution in [3.05, 3.63) is 12.7 Å². The van der Waals surface area contributed by atoms with Crippen molar-refractivity contribution in [1.82, 2.24) is 0 Å². The van der Waals surface area contributed by atoms with Crippen molar-refractivity contribution in [1.29, 1.82) is 0 Å². The van der Waals surface area contributed by atoms with Crippen molar-refractivity contribution >= 4 is 14.5 Å². The van der Waals surface area contributed by atoms with Gasteiger partial charge in [0.15, 0.2) is 0 Å². The van der Waals surface area contributed by atoms with Crippen LogP contribution in [-0.2, 0) is 18.4 Å². The molecule has 4 nitrogen and oxygen atoms in total. The van der Waals surface area contributed by atoms with Gasteiger partial charge >= 0.3 is 14.5 Å². The molecule has 16 heavy (non-hydrogen) atoms. The molecule has 0 atom stereocenters. The van der Waals surface area contributed by atoms with Crippen LogP contribution < -0.4 is 0 Å². The SMILES string of the molecule is C=CC(=O)OC[Si](CCC)(OCC)OCC. The number of esters is 1. The Morgan fingerprint density at radius 1 is 1.25 bits per heavy atom. The summed E-state index contributed by atoms with van der Waals surface area (Å²) in [7, 11) is -2.37. The maximum Gasteiger partial charge on any atom is 0.377 e. The van der Waals surface area contributed by atoms with E-state index in [1.807, 2.05) is 13.8 Å². The second-order valence-electron chi connectivity index (χ2n) is 3.34. The average molecular weight is 246 g/mol. The predicted octanol–water partition coefficient (Wildman–Crippen LogP) is 2.18. The number of hydrogen-bond acceptors (Lipinski definition) is 4. The minimum absolute atomic E-state index is 0.243. The molecule has 94 valence electrons. The van der Waals surface area contributed by atoms with Crippen LogP contribution in [0.15, 0.2) is 12.7 Å². The topological polar surface area (TPSA) is 44.8 Å². The van der Waals surface area contributed by atoms with Gasteiger partial charge in [0.05, 0.1) is 0 Å². The number of rotatable bonds is 9. The van der Waals surface area contributed by atoms with Crippen molar-refractivity contribution in [2.75, 3.05) is 19.4 Å². The third-order valence-corrected chi connectivity index (χ3v) is 5.52. The van der Waals surface area contributed by atoms with E-state index in [1.165, 1.54) is 0 Å². The molecule has 0 aromatic rings. The van der Waals surface area contributed by atoms with E-state index >= 15 is 0 Å². The molecule has 0 saturated heterocycles. The van der Waals surface area contributed by atoms with E-state index in [-0.39, 0.29) is 6.23 Å². The Balaban J connectivity index is 4.45. The lowest BCUT2D eigenvalue weighted by atomic mass is 10.6. The van der Waals surface area contributed by atoms with E-state index in [1.54, 1.807) is 0 Å². The summed E-state index contributed by atoms with van der Waals surface area (Å²) in [5.41, 5.74) is 0. The van der Waals surface area contributed by atoms with Crippen molar-refractivity contribution < 1.29 is 18.4 Å². The van der Waals surface area contributed by atoms with Crippen LogP contribution >= 0.6 is 0 Å². The highest BCUT2D eigenvalue weighted by Gasteiger charge is 2.38. The van der Waals surface area contributed by atoms with Gasteiger partial charge in [-0.2, -0.15) is 0 Å². The van der Waals surface area contributed by atoms with Crippen LogP contribution in [0.4, 0.5) is 0 Å². The van der Waals surface area contributed by atoms with Crippen molar-refractivity contribution in [2.24, 2.45) is 0 Å². The first kappa shape index (κ1) is 15.3. The van der Waals surface area contributed by atoms with E-state index in [0.717, 1.165) is 18.5 Å². The molecule has 0 spiro atoms. The van der Waals surface area contributed by atoms with Gasteiger partial charge in [-0.3, -0.25) is 0 Å². The van der Waals surface area contributed by atoms with Gasteiger partial charge in [-0.05, 0) is 19.9 Å². The summed E-state index contributed by atoms with van der Waals surface area (Å²) < 4.78 is 16.5. The second-order valence-corrected chi connectivity index (χ2v) is 6.53. The molecule has 0 N–H and O–H groups in total. The van der Waals surface area contributed by atoms with Crippen LogP contribution in [0.25, 0.3) is 0 Å². The first-order valence-corrected chi connectivity index (χ1v) is 7.94. The quantitative estimate of drug-likeness (QED) is 0.355. The normalized spacial score (nSPS) is 11.2. The van der Waals surface area contributed by atoms with Gasteiger partial charge in [-0.1, -0.05) is 19.9 Å². The Labute approximate surface area is 98.8 Å². The molecule has 0 bridgehead atoms. The molecule has 0 aliphatic heterocycles. The average Bonchev–Trinajstić information content (AvgIpc) is 2.27. The van der Waals surface area contributed by atoms with Crippen LogP contribution in [0.3, 0.4) is 0 Å². The summed E-state index contributed by atoms with van der Waals surface area (Å²) in [6.45, 7) is 10.4.